The van der Waals surface area contributed by atoms with Crippen LogP contribution in [-0.2, 0) is 11.3 Å². The lowest BCUT2D eigenvalue weighted by atomic mass is 10.3. The molecule has 1 heterocycles. The minimum absolute atomic E-state index is 0.146. The zero-order chi connectivity index (χ0) is 13.8. The molecule has 0 bridgehead atoms. The average molecular weight is 288 g/mol. The Labute approximate surface area is 116 Å². The Morgan fingerprint density at radius 2 is 2.00 bits per heavy atom. The van der Waals surface area contributed by atoms with E-state index in [-0.39, 0.29) is 17.2 Å². The number of amides is 1. The Balaban J connectivity index is 2.50. The van der Waals surface area contributed by atoms with Crippen LogP contribution in [-0.4, -0.2) is 36.9 Å². The average Bonchev–Trinajstić information content (AvgIpc) is 2.54. The van der Waals surface area contributed by atoms with Crippen molar-refractivity contribution in [2.75, 3.05) is 11.5 Å². The van der Waals surface area contributed by atoms with E-state index in [9.17, 15) is 4.79 Å². The summed E-state index contributed by atoms with van der Waals surface area (Å²) < 4.78 is 2.03. The fraction of sp³-hybridized carbons (Fsp3) is 0.727. The minimum atomic E-state index is -0.371. The summed E-state index contributed by atoms with van der Waals surface area (Å²) in [6, 6.07) is 0. The molecule has 7 heteroatoms. The molecule has 0 atom stereocenters. The van der Waals surface area contributed by atoms with Gasteiger partial charge in [0.2, 0.25) is 5.91 Å². The van der Waals surface area contributed by atoms with E-state index in [0.717, 1.165) is 22.5 Å². The van der Waals surface area contributed by atoms with Crippen molar-refractivity contribution in [2.24, 2.45) is 5.73 Å². The standard InChI is InChI=1S/C11H20N4OS2/c1-8-13-14-10(15(8)7-9(12)16)17-5-6-18-11(2,3)4/h5-7H2,1-4H3,(H2,12,16). The number of hydrogen-bond acceptors (Lipinski definition) is 5. The van der Waals surface area contributed by atoms with Gasteiger partial charge in [-0.15, -0.1) is 10.2 Å². The molecule has 1 rings (SSSR count). The molecule has 0 aliphatic rings. The normalized spacial score (nSPS) is 11.8. The molecule has 1 amide bonds. The molecule has 2 N–H and O–H groups in total. The van der Waals surface area contributed by atoms with Crippen molar-refractivity contribution in [3.8, 4) is 0 Å². The number of carbonyl (C=O) groups is 1. The van der Waals surface area contributed by atoms with E-state index in [1.165, 1.54) is 0 Å². The first-order valence-corrected chi connectivity index (χ1v) is 7.71. The van der Waals surface area contributed by atoms with Gasteiger partial charge in [0.1, 0.15) is 12.4 Å². The SMILES string of the molecule is Cc1nnc(SCCSC(C)(C)C)n1CC(N)=O. The van der Waals surface area contributed by atoms with Crippen LogP contribution in [0, 0.1) is 6.92 Å². The molecule has 0 fully saturated rings. The number of aryl methyl sites for hydroxylation is 1. The Kier molecular flexibility index (Phi) is 5.52. The third kappa shape index (κ3) is 5.30. The molecule has 1 aromatic heterocycles. The van der Waals surface area contributed by atoms with Gasteiger partial charge < -0.3 is 5.73 Å². The molecule has 0 saturated heterocycles. The van der Waals surface area contributed by atoms with Gasteiger partial charge >= 0.3 is 0 Å². The molecule has 5 nitrogen and oxygen atoms in total. The highest BCUT2D eigenvalue weighted by Crippen LogP contribution is 2.25. The second-order valence-electron chi connectivity index (χ2n) is 4.89. The van der Waals surface area contributed by atoms with Crippen molar-refractivity contribution < 1.29 is 4.79 Å². The number of primary amides is 1. The third-order valence-corrected chi connectivity index (χ3v) is 4.57. The summed E-state index contributed by atoms with van der Waals surface area (Å²) in [6.45, 7) is 8.56. The zero-order valence-corrected chi connectivity index (χ0v) is 12.9. The number of nitrogens with zero attached hydrogens (tertiary/aromatic N) is 3. The molecule has 18 heavy (non-hydrogen) atoms. The molecule has 0 spiro atoms. The third-order valence-electron chi connectivity index (χ3n) is 2.07. The van der Waals surface area contributed by atoms with Crippen molar-refractivity contribution in [2.45, 2.75) is 44.1 Å². The Morgan fingerprint density at radius 1 is 1.33 bits per heavy atom. The Hall–Kier alpha value is -0.690. The summed E-state index contributed by atoms with van der Waals surface area (Å²) in [4.78, 5) is 11.0. The monoisotopic (exact) mass is 288 g/mol. The van der Waals surface area contributed by atoms with Crippen LogP contribution in [0.1, 0.15) is 26.6 Å². The van der Waals surface area contributed by atoms with Crippen LogP contribution in [0.4, 0.5) is 0 Å². The molecule has 0 aliphatic carbocycles. The smallest absolute Gasteiger partial charge is 0.237 e. The molecule has 0 aromatic carbocycles. The van der Waals surface area contributed by atoms with Crippen molar-refractivity contribution in [3.63, 3.8) is 0 Å². The van der Waals surface area contributed by atoms with Gasteiger partial charge in [0.05, 0.1) is 0 Å². The molecular formula is C11H20N4OS2. The number of nitrogens with two attached hydrogens (primary N) is 1. The van der Waals surface area contributed by atoms with Crippen LogP contribution < -0.4 is 5.73 Å². The van der Waals surface area contributed by atoms with Gasteiger partial charge in [-0.2, -0.15) is 11.8 Å². The highest BCUT2D eigenvalue weighted by atomic mass is 32.2. The zero-order valence-electron chi connectivity index (χ0n) is 11.3. The van der Waals surface area contributed by atoms with Gasteiger partial charge in [0.15, 0.2) is 5.16 Å². The quantitative estimate of drug-likeness (QED) is 0.637. The maximum absolute atomic E-state index is 11.0. The molecule has 1 aromatic rings. The summed E-state index contributed by atoms with van der Waals surface area (Å²) >= 11 is 3.52. The highest BCUT2D eigenvalue weighted by molar-refractivity contribution is 8.03. The predicted octanol–water partition coefficient (Wildman–Crippen LogP) is 1.70. The molecule has 0 saturated carbocycles. The van der Waals surface area contributed by atoms with Crippen LogP contribution in [0.2, 0.25) is 0 Å². The second-order valence-corrected chi connectivity index (χ2v) is 7.88. The largest absolute Gasteiger partial charge is 0.368 e. The lowest BCUT2D eigenvalue weighted by Crippen LogP contribution is -2.20. The maximum Gasteiger partial charge on any atom is 0.237 e. The number of aromatic nitrogens is 3. The van der Waals surface area contributed by atoms with E-state index >= 15 is 0 Å². The fourth-order valence-electron chi connectivity index (χ4n) is 1.29. The Morgan fingerprint density at radius 3 is 2.56 bits per heavy atom. The van der Waals surface area contributed by atoms with Gasteiger partial charge in [-0.1, -0.05) is 32.5 Å². The van der Waals surface area contributed by atoms with Gasteiger partial charge in [0, 0.05) is 16.3 Å². The van der Waals surface area contributed by atoms with Crippen molar-refractivity contribution in [3.05, 3.63) is 5.82 Å². The van der Waals surface area contributed by atoms with Crippen LogP contribution in [0.5, 0.6) is 0 Å². The molecule has 0 radical (unpaired) electrons. The molecule has 102 valence electrons. The summed E-state index contributed by atoms with van der Waals surface area (Å²) in [7, 11) is 0. The molecule has 0 aliphatic heterocycles. The van der Waals surface area contributed by atoms with Crippen molar-refractivity contribution in [1.29, 1.82) is 0 Å². The number of hydrogen-bond donors (Lipinski definition) is 1. The van der Waals surface area contributed by atoms with Crippen LogP contribution in [0.15, 0.2) is 5.16 Å². The lowest BCUT2D eigenvalue weighted by Gasteiger charge is -2.16. The van der Waals surface area contributed by atoms with Crippen molar-refractivity contribution in [1.82, 2.24) is 14.8 Å². The van der Waals surface area contributed by atoms with Gasteiger partial charge in [-0.05, 0) is 6.92 Å². The number of carbonyl (C=O) groups excluding carboxylic acids is 1. The second kappa shape index (κ2) is 6.47. The first-order valence-electron chi connectivity index (χ1n) is 5.74. The van der Waals surface area contributed by atoms with Crippen LogP contribution in [0.3, 0.4) is 0 Å². The number of thioether (sulfide) groups is 2. The summed E-state index contributed by atoms with van der Waals surface area (Å²) in [5.74, 6) is 2.33. The summed E-state index contributed by atoms with van der Waals surface area (Å²) in [5.41, 5.74) is 5.20. The van der Waals surface area contributed by atoms with Gasteiger partial charge in [0.25, 0.3) is 0 Å². The topological polar surface area (TPSA) is 73.8 Å². The Bertz CT molecular complexity index is 412. The van der Waals surface area contributed by atoms with E-state index in [1.54, 1.807) is 16.3 Å². The number of rotatable bonds is 6. The van der Waals surface area contributed by atoms with Gasteiger partial charge in [-0.25, -0.2) is 0 Å². The van der Waals surface area contributed by atoms with E-state index in [2.05, 4.69) is 31.0 Å². The first kappa shape index (κ1) is 15.4. The molecule has 0 unspecified atom stereocenters. The van der Waals surface area contributed by atoms with Crippen LogP contribution >= 0.6 is 23.5 Å². The summed E-state index contributed by atoms with van der Waals surface area (Å²) in [5, 5.41) is 8.80. The van der Waals surface area contributed by atoms with Crippen LogP contribution in [0.25, 0.3) is 0 Å². The highest BCUT2D eigenvalue weighted by Gasteiger charge is 2.13. The predicted molar refractivity (Wildman–Crippen MR) is 76.9 cm³/mol. The maximum atomic E-state index is 11.0. The lowest BCUT2D eigenvalue weighted by molar-refractivity contribution is -0.118. The van der Waals surface area contributed by atoms with E-state index in [4.69, 9.17) is 5.73 Å². The van der Waals surface area contributed by atoms with E-state index < -0.39 is 0 Å². The van der Waals surface area contributed by atoms with E-state index in [1.807, 2.05) is 18.7 Å². The van der Waals surface area contributed by atoms with Gasteiger partial charge in [-0.3, -0.25) is 9.36 Å². The van der Waals surface area contributed by atoms with E-state index in [0.29, 0.717) is 0 Å². The molecular weight excluding hydrogens is 268 g/mol. The minimum Gasteiger partial charge on any atom is -0.368 e. The first-order chi connectivity index (χ1) is 8.29. The van der Waals surface area contributed by atoms with Crippen molar-refractivity contribution >= 4 is 29.4 Å². The fourth-order valence-corrected chi connectivity index (χ4v) is 3.20. The summed E-state index contributed by atoms with van der Waals surface area (Å²) in [6.07, 6.45) is 0.